The first kappa shape index (κ1) is 14.0. The number of nitrogen functional groups attached to an aromatic ring is 1. The highest BCUT2D eigenvalue weighted by molar-refractivity contribution is 5.93. The average Bonchev–Trinajstić information content (AvgIpc) is 2.63. The van der Waals surface area contributed by atoms with Crippen molar-refractivity contribution >= 4 is 11.6 Å². The maximum atomic E-state index is 12.6. The lowest BCUT2D eigenvalue weighted by Gasteiger charge is -2.27. The standard InChI is InChI=1S/C15H25N3O/c1-3-18-11-12(16)10-14(18)15(19)17(2)13-8-6-4-5-7-9-13/h10-11,13H,3-9,16H2,1-2H3. The van der Waals surface area contributed by atoms with Crippen LogP contribution < -0.4 is 5.73 Å². The molecule has 0 atom stereocenters. The molecule has 0 spiro atoms. The monoisotopic (exact) mass is 263 g/mol. The van der Waals surface area contributed by atoms with E-state index in [1.165, 1.54) is 25.7 Å². The van der Waals surface area contributed by atoms with Gasteiger partial charge in [-0.3, -0.25) is 4.79 Å². The molecule has 0 bridgehead atoms. The number of nitrogens with zero attached hydrogens (tertiary/aromatic N) is 2. The molecule has 1 aromatic rings. The zero-order valence-corrected chi connectivity index (χ0v) is 12.1. The molecule has 4 nitrogen and oxygen atoms in total. The highest BCUT2D eigenvalue weighted by Crippen LogP contribution is 2.23. The summed E-state index contributed by atoms with van der Waals surface area (Å²) < 4.78 is 1.94. The van der Waals surface area contributed by atoms with Crippen molar-refractivity contribution in [1.29, 1.82) is 0 Å². The summed E-state index contributed by atoms with van der Waals surface area (Å²) in [5.41, 5.74) is 7.19. The summed E-state index contributed by atoms with van der Waals surface area (Å²) in [6, 6.07) is 2.18. The predicted octanol–water partition coefficient (Wildman–Crippen LogP) is 2.89. The van der Waals surface area contributed by atoms with Crippen LogP contribution in [-0.4, -0.2) is 28.5 Å². The van der Waals surface area contributed by atoms with Crippen molar-refractivity contribution in [2.24, 2.45) is 0 Å². The second-order valence-electron chi connectivity index (χ2n) is 5.51. The maximum Gasteiger partial charge on any atom is 0.270 e. The van der Waals surface area contributed by atoms with Crippen LogP contribution in [0.5, 0.6) is 0 Å². The van der Waals surface area contributed by atoms with E-state index in [1.807, 2.05) is 29.6 Å². The zero-order chi connectivity index (χ0) is 13.8. The number of nitrogens with two attached hydrogens (primary N) is 1. The SMILES string of the molecule is CCn1cc(N)cc1C(=O)N(C)C1CCCCCC1. The molecule has 1 aliphatic rings. The minimum Gasteiger partial charge on any atom is -0.397 e. The Bertz CT molecular complexity index is 431. The van der Waals surface area contributed by atoms with Gasteiger partial charge in [0, 0.05) is 25.8 Å². The van der Waals surface area contributed by atoms with Gasteiger partial charge in [0.2, 0.25) is 0 Å². The van der Waals surface area contributed by atoms with Gasteiger partial charge in [-0.15, -0.1) is 0 Å². The van der Waals surface area contributed by atoms with E-state index in [4.69, 9.17) is 5.73 Å². The molecule has 0 unspecified atom stereocenters. The van der Waals surface area contributed by atoms with E-state index < -0.39 is 0 Å². The van der Waals surface area contributed by atoms with Crippen molar-refractivity contribution in [3.8, 4) is 0 Å². The molecular formula is C15H25N3O. The van der Waals surface area contributed by atoms with Crippen molar-refractivity contribution in [3.05, 3.63) is 18.0 Å². The van der Waals surface area contributed by atoms with Crippen molar-refractivity contribution in [2.45, 2.75) is 58.0 Å². The van der Waals surface area contributed by atoms with Crippen LogP contribution in [0.15, 0.2) is 12.3 Å². The molecule has 1 aromatic heterocycles. The van der Waals surface area contributed by atoms with E-state index in [2.05, 4.69) is 0 Å². The number of aromatic nitrogens is 1. The molecule has 1 fully saturated rings. The van der Waals surface area contributed by atoms with Crippen LogP contribution >= 0.6 is 0 Å². The van der Waals surface area contributed by atoms with E-state index in [0.29, 0.717) is 17.4 Å². The van der Waals surface area contributed by atoms with Gasteiger partial charge in [0.1, 0.15) is 5.69 Å². The lowest BCUT2D eigenvalue weighted by molar-refractivity contribution is 0.0707. The van der Waals surface area contributed by atoms with E-state index in [1.54, 1.807) is 6.07 Å². The summed E-state index contributed by atoms with van der Waals surface area (Å²) in [7, 11) is 1.93. The fraction of sp³-hybridized carbons (Fsp3) is 0.667. The Labute approximate surface area is 115 Å². The van der Waals surface area contributed by atoms with Gasteiger partial charge in [-0.1, -0.05) is 25.7 Å². The minimum absolute atomic E-state index is 0.102. The highest BCUT2D eigenvalue weighted by atomic mass is 16.2. The number of amides is 1. The van der Waals surface area contributed by atoms with Crippen molar-refractivity contribution in [2.75, 3.05) is 12.8 Å². The fourth-order valence-corrected chi connectivity index (χ4v) is 2.97. The van der Waals surface area contributed by atoms with Gasteiger partial charge < -0.3 is 15.2 Å². The number of rotatable bonds is 3. The topological polar surface area (TPSA) is 51.3 Å². The Morgan fingerprint density at radius 2 is 2.00 bits per heavy atom. The zero-order valence-electron chi connectivity index (χ0n) is 12.1. The average molecular weight is 263 g/mol. The first-order valence-electron chi connectivity index (χ1n) is 7.36. The second-order valence-corrected chi connectivity index (χ2v) is 5.51. The highest BCUT2D eigenvalue weighted by Gasteiger charge is 2.24. The van der Waals surface area contributed by atoms with Crippen LogP contribution in [0.25, 0.3) is 0 Å². The predicted molar refractivity (Wildman–Crippen MR) is 78.1 cm³/mol. The molecule has 1 heterocycles. The molecule has 1 amide bonds. The Morgan fingerprint density at radius 3 is 2.58 bits per heavy atom. The third-order valence-electron chi connectivity index (χ3n) is 4.17. The molecular weight excluding hydrogens is 238 g/mol. The summed E-state index contributed by atoms with van der Waals surface area (Å²) >= 11 is 0. The van der Waals surface area contributed by atoms with Gasteiger partial charge in [0.05, 0.1) is 5.69 Å². The third kappa shape index (κ3) is 3.11. The summed E-state index contributed by atoms with van der Waals surface area (Å²) in [5, 5.41) is 0. The largest absolute Gasteiger partial charge is 0.397 e. The number of anilines is 1. The summed E-state index contributed by atoms with van der Waals surface area (Å²) in [4.78, 5) is 14.5. The van der Waals surface area contributed by atoms with Crippen molar-refractivity contribution < 1.29 is 4.79 Å². The second kappa shape index (κ2) is 6.13. The van der Waals surface area contributed by atoms with Gasteiger partial charge in [-0.2, -0.15) is 0 Å². The fourth-order valence-electron chi connectivity index (χ4n) is 2.97. The molecule has 0 radical (unpaired) electrons. The normalized spacial score (nSPS) is 17.2. The maximum absolute atomic E-state index is 12.6. The molecule has 1 aliphatic carbocycles. The molecule has 2 rings (SSSR count). The number of carbonyl (C=O) groups excluding carboxylic acids is 1. The lowest BCUT2D eigenvalue weighted by atomic mass is 10.1. The molecule has 0 aromatic carbocycles. The van der Waals surface area contributed by atoms with Gasteiger partial charge in [0.25, 0.3) is 5.91 Å². The van der Waals surface area contributed by atoms with Crippen LogP contribution in [0.4, 0.5) is 5.69 Å². The molecule has 106 valence electrons. The summed E-state index contributed by atoms with van der Waals surface area (Å²) in [6.07, 6.45) is 9.18. The Balaban J connectivity index is 2.13. The molecule has 19 heavy (non-hydrogen) atoms. The number of carbonyl (C=O) groups is 1. The van der Waals surface area contributed by atoms with Crippen LogP contribution in [0.2, 0.25) is 0 Å². The van der Waals surface area contributed by atoms with Crippen LogP contribution in [-0.2, 0) is 6.54 Å². The van der Waals surface area contributed by atoms with E-state index in [9.17, 15) is 4.79 Å². The van der Waals surface area contributed by atoms with Crippen LogP contribution in [0, 0.1) is 0 Å². The third-order valence-corrected chi connectivity index (χ3v) is 4.17. The van der Waals surface area contributed by atoms with Gasteiger partial charge >= 0.3 is 0 Å². The van der Waals surface area contributed by atoms with Crippen LogP contribution in [0.1, 0.15) is 55.9 Å². The smallest absolute Gasteiger partial charge is 0.270 e. The summed E-state index contributed by atoms with van der Waals surface area (Å²) in [6.45, 7) is 2.80. The number of hydrogen-bond donors (Lipinski definition) is 1. The Morgan fingerprint density at radius 1 is 1.37 bits per heavy atom. The number of aryl methyl sites for hydroxylation is 1. The summed E-state index contributed by atoms with van der Waals surface area (Å²) in [5.74, 6) is 0.102. The molecule has 1 saturated carbocycles. The van der Waals surface area contributed by atoms with Gasteiger partial charge in [-0.05, 0) is 25.8 Å². The van der Waals surface area contributed by atoms with E-state index in [-0.39, 0.29) is 5.91 Å². The lowest BCUT2D eigenvalue weighted by Crippen LogP contribution is -2.37. The first-order valence-corrected chi connectivity index (χ1v) is 7.36. The van der Waals surface area contributed by atoms with E-state index >= 15 is 0 Å². The van der Waals surface area contributed by atoms with Crippen molar-refractivity contribution in [3.63, 3.8) is 0 Å². The molecule has 4 heteroatoms. The number of hydrogen-bond acceptors (Lipinski definition) is 2. The quantitative estimate of drug-likeness (QED) is 0.852. The Hall–Kier alpha value is -1.45. The van der Waals surface area contributed by atoms with Crippen LogP contribution in [0.3, 0.4) is 0 Å². The van der Waals surface area contributed by atoms with E-state index in [0.717, 1.165) is 19.4 Å². The molecule has 2 N–H and O–H groups in total. The molecule has 0 aliphatic heterocycles. The molecule has 0 saturated heterocycles. The van der Waals surface area contributed by atoms with Gasteiger partial charge in [0.15, 0.2) is 0 Å². The van der Waals surface area contributed by atoms with Gasteiger partial charge in [-0.25, -0.2) is 0 Å². The van der Waals surface area contributed by atoms with Crippen molar-refractivity contribution in [1.82, 2.24) is 9.47 Å². The first-order chi connectivity index (χ1) is 9.13. The minimum atomic E-state index is 0.102. The Kier molecular flexibility index (Phi) is 4.51.